The van der Waals surface area contributed by atoms with Gasteiger partial charge in [0.2, 0.25) is 0 Å². The van der Waals surface area contributed by atoms with Crippen molar-refractivity contribution in [2.45, 2.75) is 104 Å². The van der Waals surface area contributed by atoms with Crippen molar-refractivity contribution in [3.05, 3.63) is 46.4 Å². The monoisotopic (exact) mass is 502 g/mol. The van der Waals surface area contributed by atoms with E-state index >= 15 is 0 Å². The standard InChI is InChI=1S/C30H40Cl2O2/c1-5-7-9-11-15-21(3)33-29-23-17-13-20-26(32)28(23)30(24-18-14-19-25(31)27(24)29)34-22(4)16-12-10-8-6-2/h13-14,17-22H,5-12,15-16H2,1-4H3. The first-order valence-corrected chi connectivity index (χ1v) is 13.9. The molecule has 0 aromatic heterocycles. The average molecular weight is 504 g/mol. The van der Waals surface area contributed by atoms with Crippen LogP contribution < -0.4 is 9.47 Å². The quantitative estimate of drug-likeness (QED) is 0.161. The molecule has 3 rings (SSSR count). The molecule has 0 fully saturated rings. The van der Waals surface area contributed by atoms with Crippen LogP contribution in [0, 0.1) is 0 Å². The topological polar surface area (TPSA) is 18.5 Å². The number of fused-ring (bicyclic) bond motifs is 2. The Morgan fingerprint density at radius 2 is 1.03 bits per heavy atom. The van der Waals surface area contributed by atoms with Crippen molar-refractivity contribution < 1.29 is 9.47 Å². The predicted molar refractivity (Wildman–Crippen MR) is 149 cm³/mol. The Balaban J connectivity index is 2.03. The van der Waals surface area contributed by atoms with Crippen LogP contribution in [-0.4, -0.2) is 12.2 Å². The highest BCUT2D eigenvalue weighted by atomic mass is 35.5. The van der Waals surface area contributed by atoms with Crippen LogP contribution in [0.15, 0.2) is 36.4 Å². The minimum absolute atomic E-state index is 0.0859. The molecule has 186 valence electrons. The van der Waals surface area contributed by atoms with Gasteiger partial charge in [-0.3, -0.25) is 0 Å². The summed E-state index contributed by atoms with van der Waals surface area (Å²) in [6, 6.07) is 12.0. The lowest BCUT2D eigenvalue weighted by molar-refractivity contribution is 0.207. The number of benzene rings is 3. The van der Waals surface area contributed by atoms with E-state index < -0.39 is 0 Å². The van der Waals surface area contributed by atoms with Gasteiger partial charge < -0.3 is 9.47 Å². The fourth-order valence-corrected chi connectivity index (χ4v) is 5.16. The molecule has 2 unspecified atom stereocenters. The van der Waals surface area contributed by atoms with E-state index in [4.69, 9.17) is 32.7 Å². The Morgan fingerprint density at radius 1 is 0.618 bits per heavy atom. The highest BCUT2D eigenvalue weighted by Gasteiger charge is 2.22. The molecule has 0 saturated carbocycles. The van der Waals surface area contributed by atoms with Crippen molar-refractivity contribution in [3.8, 4) is 11.5 Å². The van der Waals surface area contributed by atoms with E-state index in [1.54, 1.807) is 0 Å². The summed E-state index contributed by atoms with van der Waals surface area (Å²) in [7, 11) is 0. The fraction of sp³-hybridized carbons (Fsp3) is 0.533. The van der Waals surface area contributed by atoms with Crippen LogP contribution in [0.2, 0.25) is 10.0 Å². The third kappa shape index (κ3) is 6.73. The minimum atomic E-state index is 0.0859. The maximum Gasteiger partial charge on any atom is 0.137 e. The second-order valence-electron chi connectivity index (χ2n) is 9.54. The lowest BCUT2D eigenvalue weighted by Crippen LogP contribution is -2.14. The summed E-state index contributed by atoms with van der Waals surface area (Å²) >= 11 is 13.6. The Morgan fingerprint density at radius 3 is 1.41 bits per heavy atom. The number of hydrogen-bond acceptors (Lipinski definition) is 2. The van der Waals surface area contributed by atoms with E-state index in [2.05, 4.69) is 39.8 Å². The van der Waals surface area contributed by atoms with E-state index in [-0.39, 0.29) is 12.2 Å². The summed E-state index contributed by atoms with van der Waals surface area (Å²) in [5, 5.41) is 5.09. The third-order valence-corrected chi connectivity index (χ3v) is 7.17. The summed E-state index contributed by atoms with van der Waals surface area (Å²) < 4.78 is 13.2. The first kappa shape index (κ1) is 27.0. The fourth-order valence-electron chi connectivity index (χ4n) is 4.64. The molecule has 0 bridgehead atoms. The third-order valence-electron chi connectivity index (χ3n) is 6.54. The van der Waals surface area contributed by atoms with Crippen LogP contribution >= 0.6 is 23.2 Å². The van der Waals surface area contributed by atoms with Crippen molar-refractivity contribution >= 4 is 44.7 Å². The van der Waals surface area contributed by atoms with Gasteiger partial charge in [0.25, 0.3) is 0 Å². The number of unbranched alkanes of at least 4 members (excludes halogenated alkanes) is 6. The Kier molecular flexibility index (Phi) is 10.7. The van der Waals surface area contributed by atoms with Crippen LogP contribution in [0.5, 0.6) is 11.5 Å². The maximum atomic E-state index is 6.79. The Bertz CT molecular complexity index is 977. The molecule has 0 heterocycles. The molecule has 0 saturated heterocycles. The molecule has 0 aliphatic carbocycles. The molecule has 2 atom stereocenters. The van der Waals surface area contributed by atoms with Crippen molar-refractivity contribution in [1.29, 1.82) is 0 Å². The molecule has 3 aromatic rings. The number of halogens is 2. The number of hydrogen-bond donors (Lipinski definition) is 0. The number of ether oxygens (including phenoxy) is 2. The minimum Gasteiger partial charge on any atom is -0.489 e. The van der Waals surface area contributed by atoms with E-state index in [9.17, 15) is 0 Å². The molecule has 0 aliphatic heterocycles. The van der Waals surface area contributed by atoms with E-state index in [0.717, 1.165) is 58.7 Å². The van der Waals surface area contributed by atoms with Crippen LogP contribution in [0.3, 0.4) is 0 Å². The summed E-state index contributed by atoms with van der Waals surface area (Å²) in [5.41, 5.74) is 0. The van der Waals surface area contributed by atoms with Gasteiger partial charge in [0.15, 0.2) is 0 Å². The van der Waals surface area contributed by atoms with Crippen molar-refractivity contribution in [2.75, 3.05) is 0 Å². The smallest absolute Gasteiger partial charge is 0.137 e. The van der Waals surface area contributed by atoms with E-state index in [1.807, 2.05) is 24.3 Å². The van der Waals surface area contributed by atoms with Gasteiger partial charge >= 0.3 is 0 Å². The molecule has 34 heavy (non-hydrogen) atoms. The normalized spacial score (nSPS) is 13.4. The number of rotatable bonds is 14. The molecular formula is C30H40Cl2O2. The van der Waals surface area contributed by atoms with Gasteiger partial charge in [-0.2, -0.15) is 0 Å². The molecule has 3 aromatic carbocycles. The van der Waals surface area contributed by atoms with Gasteiger partial charge in [-0.15, -0.1) is 0 Å². The van der Waals surface area contributed by atoms with Gasteiger partial charge in [-0.05, 0) is 51.7 Å². The summed E-state index contributed by atoms with van der Waals surface area (Å²) in [6.07, 6.45) is 12.0. The molecule has 0 aliphatic rings. The summed E-state index contributed by atoms with van der Waals surface area (Å²) in [6.45, 7) is 8.76. The Labute approximate surface area is 215 Å². The van der Waals surface area contributed by atoms with Crippen molar-refractivity contribution in [1.82, 2.24) is 0 Å². The van der Waals surface area contributed by atoms with Gasteiger partial charge in [-0.1, -0.05) is 99.8 Å². The van der Waals surface area contributed by atoms with Gasteiger partial charge in [0.05, 0.1) is 22.3 Å². The Hall–Kier alpha value is -1.64. The van der Waals surface area contributed by atoms with Crippen LogP contribution in [0.4, 0.5) is 0 Å². The van der Waals surface area contributed by atoms with Crippen LogP contribution in [0.1, 0.15) is 91.9 Å². The SMILES string of the molecule is CCCCCCC(C)Oc1c2cccc(Cl)c2c(OC(C)CCCCCC)c2cccc(Cl)c12. The highest BCUT2D eigenvalue weighted by molar-refractivity contribution is 6.40. The van der Waals surface area contributed by atoms with Crippen molar-refractivity contribution in [2.24, 2.45) is 0 Å². The van der Waals surface area contributed by atoms with E-state index in [0.29, 0.717) is 10.0 Å². The average Bonchev–Trinajstić information content (AvgIpc) is 2.82. The largest absolute Gasteiger partial charge is 0.489 e. The van der Waals surface area contributed by atoms with Crippen molar-refractivity contribution in [3.63, 3.8) is 0 Å². The zero-order valence-electron chi connectivity index (χ0n) is 21.3. The molecule has 4 heteroatoms. The van der Waals surface area contributed by atoms with Crippen LogP contribution in [0.25, 0.3) is 21.5 Å². The second-order valence-corrected chi connectivity index (χ2v) is 10.4. The zero-order chi connectivity index (χ0) is 24.5. The van der Waals surface area contributed by atoms with Gasteiger partial charge in [0, 0.05) is 21.5 Å². The van der Waals surface area contributed by atoms with Gasteiger partial charge in [-0.25, -0.2) is 0 Å². The van der Waals surface area contributed by atoms with Gasteiger partial charge in [0.1, 0.15) is 11.5 Å². The highest BCUT2D eigenvalue weighted by Crippen LogP contribution is 2.48. The molecule has 0 amide bonds. The maximum absolute atomic E-state index is 6.79. The molecule has 0 N–H and O–H groups in total. The predicted octanol–water partition coefficient (Wildman–Crippen LogP) is 10.8. The molecule has 2 nitrogen and oxygen atoms in total. The lowest BCUT2D eigenvalue weighted by atomic mass is 9.99. The first-order valence-electron chi connectivity index (χ1n) is 13.1. The van der Waals surface area contributed by atoms with E-state index in [1.165, 1.54) is 38.5 Å². The second kappa shape index (κ2) is 13.4. The van der Waals surface area contributed by atoms with Crippen LogP contribution in [-0.2, 0) is 0 Å². The molecular weight excluding hydrogens is 463 g/mol. The molecule has 0 spiro atoms. The lowest BCUT2D eigenvalue weighted by Gasteiger charge is -2.24. The summed E-state index contributed by atoms with van der Waals surface area (Å²) in [5.74, 6) is 1.62. The zero-order valence-corrected chi connectivity index (χ0v) is 22.8. The molecule has 0 radical (unpaired) electrons. The first-order chi connectivity index (χ1) is 16.5. The summed E-state index contributed by atoms with van der Waals surface area (Å²) in [4.78, 5) is 0.